The Bertz CT molecular complexity index is 684. The van der Waals surface area contributed by atoms with E-state index < -0.39 is 0 Å². The molecule has 0 unspecified atom stereocenters. The van der Waals surface area contributed by atoms with Crippen LogP contribution in [-0.4, -0.2) is 24.0 Å². The Morgan fingerprint density at radius 2 is 2.30 bits per heavy atom. The number of hydrogen-bond acceptors (Lipinski definition) is 4. The van der Waals surface area contributed by atoms with E-state index in [1.165, 1.54) is 11.3 Å². The monoisotopic (exact) mass is 308 g/mol. The second kappa shape index (κ2) is 5.07. The molecular weight excluding hydrogens is 296 g/mol. The van der Waals surface area contributed by atoms with E-state index in [2.05, 4.69) is 4.98 Å². The Kier molecular flexibility index (Phi) is 3.40. The molecule has 3 heterocycles. The molecule has 0 saturated carbocycles. The van der Waals surface area contributed by atoms with Crippen molar-refractivity contribution in [3.8, 4) is 5.88 Å². The van der Waals surface area contributed by atoms with E-state index in [4.69, 9.17) is 16.3 Å². The summed E-state index contributed by atoms with van der Waals surface area (Å²) in [5, 5.41) is 2.43. The average molecular weight is 309 g/mol. The Morgan fingerprint density at radius 1 is 1.50 bits per heavy atom. The second-order valence-electron chi connectivity index (χ2n) is 4.70. The number of carbonyl (C=O) groups excluding carboxylic acids is 1. The summed E-state index contributed by atoms with van der Waals surface area (Å²) < 4.78 is 5.50. The van der Waals surface area contributed by atoms with Gasteiger partial charge in [0, 0.05) is 6.20 Å². The van der Waals surface area contributed by atoms with Gasteiger partial charge in [-0.2, -0.15) is 0 Å². The molecule has 0 bridgehead atoms. The molecule has 2 aromatic rings. The van der Waals surface area contributed by atoms with Crippen molar-refractivity contribution in [2.45, 2.75) is 13.8 Å². The van der Waals surface area contributed by atoms with Gasteiger partial charge in [-0.1, -0.05) is 11.6 Å². The molecule has 0 N–H and O–H groups in total. The molecule has 0 aliphatic carbocycles. The summed E-state index contributed by atoms with van der Waals surface area (Å²) in [6.07, 6.45) is 1.73. The molecule has 0 fully saturated rings. The third kappa shape index (κ3) is 2.17. The molecule has 1 aliphatic heterocycles. The highest BCUT2D eigenvalue weighted by Gasteiger charge is 2.28. The van der Waals surface area contributed by atoms with Gasteiger partial charge in [0.05, 0.1) is 11.6 Å². The first-order valence-electron chi connectivity index (χ1n) is 6.23. The van der Waals surface area contributed by atoms with Crippen molar-refractivity contribution in [2.24, 2.45) is 0 Å². The van der Waals surface area contributed by atoms with Gasteiger partial charge >= 0.3 is 0 Å². The summed E-state index contributed by atoms with van der Waals surface area (Å²) >= 11 is 7.57. The van der Waals surface area contributed by atoms with E-state index in [-0.39, 0.29) is 5.91 Å². The first-order chi connectivity index (χ1) is 9.58. The molecule has 0 saturated heterocycles. The fourth-order valence-electron chi connectivity index (χ4n) is 2.11. The van der Waals surface area contributed by atoms with Crippen LogP contribution in [0.25, 0.3) is 0 Å². The SMILES string of the molecule is Cc1cnc2c(c1)N(C(=O)c1scc(C)c1Cl)CCO2. The van der Waals surface area contributed by atoms with Crippen LogP contribution in [0, 0.1) is 13.8 Å². The van der Waals surface area contributed by atoms with Crippen LogP contribution in [-0.2, 0) is 0 Å². The number of halogens is 1. The minimum Gasteiger partial charge on any atom is -0.474 e. The van der Waals surface area contributed by atoms with Gasteiger partial charge in [0.2, 0.25) is 5.88 Å². The number of rotatable bonds is 1. The maximum Gasteiger partial charge on any atom is 0.270 e. The predicted molar refractivity (Wildman–Crippen MR) is 80.2 cm³/mol. The number of nitrogens with zero attached hydrogens (tertiary/aromatic N) is 2. The Morgan fingerprint density at radius 3 is 3.00 bits per heavy atom. The van der Waals surface area contributed by atoms with E-state index in [9.17, 15) is 4.79 Å². The van der Waals surface area contributed by atoms with Crippen LogP contribution in [0.5, 0.6) is 5.88 Å². The summed E-state index contributed by atoms with van der Waals surface area (Å²) in [6, 6.07) is 1.91. The van der Waals surface area contributed by atoms with Gasteiger partial charge in [0.25, 0.3) is 5.91 Å². The van der Waals surface area contributed by atoms with Crippen LogP contribution < -0.4 is 9.64 Å². The molecule has 20 heavy (non-hydrogen) atoms. The summed E-state index contributed by atoms with van der Waals surface area (Å²) in [5.41, 5.74) is 2.62. The zero-order valence-corrected chi connectivity index (χ0v) is 12.7. The Balaban J connectivity index is 2.02. The summed E-state index contributed by atoms with van der Waals surface area (Å²) in [4.78, 5) is 19.2. The number of aromatic nitrogens is 1. The van der Waals surface area contributed by atoms with Gasteiger partial charge in [0.15, 0.2) is 0 Å². The minimum absolute atomic E-state index is 0.0925. The first kappa shape index (κ1) is 13.4. The van der Waals surface area contributed by atoms with E-state index >= 15 is 0 Å². The van der Waals surface area contributed by atoms with Crippen molar-refractivity contribution in [1.82, 2.24) is 4.98 Å². The van der Waals surface area contributed by atoms with E-state index in [0.717, 1.165) is 11.1 Å². The van der Waals surface area contributed by atoms with Crippen LogP contribution in [0.3, 0.4) is 0 Å². The number of hydrogen-bond donors (Lipinski definition) is 0. The van der Waals surface area contributed by atoms with Crippen LogP contribution in [0.2, 0.25) is 5.02 Å². The van der Waals surface area contributed by atoms with Gasteiger partial charge in [-0.3, -0.25) is 9.69 Å². The summed E-state index contributed by atoms with van der Waals surface area (Å²) in [6.45, 7) is 4.78. The van der Waals surface area contributed by atoms with Gasteiger partial charge in [-0.25, -0.2) is 4.98 Å². The lowest BCUT2D eigenvalue weighted by molar-refractivity contribution is 0.0979. The number of anilines is 1. The molecule has 1 amide bonds. The van der Waals surface area contributed by atoms with Crippen molar-refractivity contribution in [3.63, 3.8) is 0 Å². The third-order valence-corrected chi connectivity index (χ3v) is 4.84. The third-order valence-electron chi connectivity index (χ3n) is 3.15. The number of ether oxygens (including phenoxy) is 1. The molecule has 0 spiro atoms. The highest BCUT2D eigenvalue weighted by Crippen LogP contribution is 2.34. The van der Waals surface area contributed by atoms with Gasteiger partial charge in [-0.05, 0) is 36.4 Å². The molecule has 3 rings (SSSR count). The quantitative estimate of drug-likeness (QED) is 0.810. The predicted octanol–water partition coefficient (Wildman–Crippen LogP) is 3.45. The first-order valence-corrected chi connectivity index (χ1v) is 7.48. The Hall–Kier alpha value is -1.59. The normalized spacial score (nSPS) is 13.8. The number of carbonyl (C=O) groups is 1. The van der Waals surface area contributed by atoms with E-state index in [1.54, 1.807) is 11.1 Å². The highest BCUT2D eigenvalue weighted by molar-refractivity contribution is 7.13. The molecule has 0 aromatic carbocycles. The molecule has 0 atom stereocenters. The minimum atomic E-state index is -0.0925. The highest BCUT2D eigenvalue weighted by atomic mass is 35.5. The summed E-state index contributed by atoms with van der Waals surface area (Å²) in [5.74, 6) is 0.407. The lowest BCUT2D eigenvalue weighted by Crippen LogP contribution is -2.38. The van der Waals surface area contributed by atoms with Crippen molar-refractivity contribution >= 4 is 34.5 Å². The van der Waals surface area contributed by atoms with Crippen molar-refractivity contribution in [3.05, 3.63) is 38.7 Å². The topological polar surface area (TPSA) is 42.4 Å². The summed E-state index contributed by atoms with van der Waals surface area (Å²) in [7, 11) is 0. The largest absolute Gasteiger partial charge is 0.474 e. The number of pyridine rings is 1. The maximum atomic E-state index is 12.7. The molecule has 1 aliphatic rings. The molecule has 0 radical (unpaired) electrons. The molecule has 104 valence electrons. The van der Waals surface area contributed by atoms with Gasteiger partial charge in [0.1, 0.15) is 17.2 Å². The van der Waals surface area contributed by atoms with Crippen molar-refractivity contribution in [1.29, 1.82) is 0 Å². The zero-order valence-electron chi connectivity index (χ0n) is 11.1. The maximum absolute atomic E-state index is 12.7. The Labute approximate surface area is 126 Å². The molecule has 6 heteroatoms. The van der Waals surface area contributed by atoms with Crippen LogP contribution >= 0.6 is 22.9 Å². The van der Waals surface area contributed by atoms with E-state index in [1.807, 2.05) is 25.3 Å². The lowest BCUT2D eigenvalue weighted by Gasteiger charge is -2.28. The smallest absolute Gasteiger partial charge is 0.270 e. The van der Waals surface area contributed by atoms with E-state index in [0.29, 0.717) is 34.6 Å². The zero-order chi connectivity index (χ0) is 14.3. The second-order valence-corrected chi connectivity index (χ2v) is 5.96. The molecular formula is C14H13ClN2O2S. The fourth-order valence-corrected chi connectivity index (χ4v) is 3.33. The van der Waals surface area contributed by atoms with Gasteiger partial charge < -0.3 is 4.74 Å². The lowest BCUT2D eigenvalue weighted by atomic mass is 10.2. The number of thiophene rings is 1. The fraction of sp³-hybridized carbons (Fsp3) is 0.286. The van der Waals surface area contributed by atoms with Crippen LogP contribution in [0.1, 0.15) is 20.8 Å². The number of aryl methyl sites for hydroxylation is 2. The standard InChI is InChI=1S/C14H13ClN2O2S/c1-8-5-10-13(16-6-8)19-4-3-17(10)14(18)12-11(15)9(2)7-20-12/h5-7H,3-4H2,1-2H3. The van der Waals surface area contributed by atoms with Crippen LogP contribution in [0.4, 0.5) is 5.69 Å². The van der Waals surface area contributed by atoms with Crippen molar-refractivity contribution < 1.29 is 9.53 Å². The van der Waals surface area contributed by atoms with Gasteiger partial charge in [-0.15, -0.1) is 11.3 Å². The molecule has 2 aromatic heterocycles. The molecule has 4 nitrogen and oxygen atoms in total. The van der Waals surface area contributed by atoms with Crippen LogP contribution in [0.15, 0.2) is 17.6 Å². The average Bonchev–Trinajstić information content (AvgIpc) is 2.77. The number of amides is 1. The van der Waals surface area contributed by atoms with Crippen molar-refractivity contribution in [2.75, 3.05) is 18.1 Å². The number of fused-ring (bicyclic) bond motifs is 1.